The Bertz CT molecular complexity index is 2890. The molecule has 0 aliphatic carbocycles. The summed E-state index contributed by atoms with van der Waals surface area (Å²) in [5, 5.41) is 9.19. The SMILES string of the molecule is c1ccc(-c2nc(-c3ccc4cc(-c5cccc6oc7ccccc7c56)ccc4c3)nc(-c3cc4ccccc4c4ccccc34)n2)cc1. The van der Waals surface area contributed by atoms with Crippen molar-refractivity contribution >= 4 is 54.3 Å². The molecule has 0 aliphatic rings. The van der Waals surface area contributed by atoms with Gasteiger partial charge in [-0.3, -0.25) is 0 Å². The first-order valence-corrected chi connectivity index (χ1v) is 16.4. The van der Waals surface area contributed by atoms with Gasteiger partial charge in [-0.25, -0.2) is 15.0 Å². The van der Waals surface area contributed by atoms with Gasteiger partial charge in [0, 0.05) is 27.5 Å². The van der Waals surface area contributed by atoms with Crippen molar-refractivity contribution in [3.8, 4) is 45.3 Å². The van der Waals surface area contributed by atoms with Crippen LogP contribution in [-0.2, 0) is 0 Å². The van der Waals surface area contributed by atoms with Crippen LogP contribution in [0, 0.1) is 0 Å². The first-order chi connectivity index (χ1) is 24.3. The van der Waals surface area contributed by atoms with Gasteiger partial charge < -0.3 is 4.42 Å². The summed E-state index contributed by atoms with van der Waals surface area (Å²) in [6, 6.07) is 57.0. The van der Waals surface area contributed by atoms with Gasteiger partial charge in [0.1, 0.15) is 11.2 Å². The third-order valence-corrected chi connectivity index (χ3v) is 9.49. The molecule has 2 aromatic heterocycles. The van der Waals surface area contributed by atoms with Gasteiger partial charge in [-0.05, 0) is 73.8 Å². The minimum Gasteiger partial charge on any atom is -0.456 e. The number of nitrogens with zero attached hydrogens (tertiary/aromatic N) is 3. The minimum absolute atomic E-state index is 0.640. The van der Waals surface area contributed by atoms with Crippen LogP contribution in [0.3, 0.4) is 0 Å². The molecule has 0 spiro atoms. The molecule has 10 rings (SSSR count). The Balaban J connectivity index is 1.13. The Morgan fingerprint density at radius 2 is 0.939 bits per heavy atom. The second-order valence-corrected chi connectivity index (χ2v) is 12.4. The number of furan rings is 1. The van der Waals surface area contributed by atoms with Gasteiger partial charge in [-0.2, -0.15) is 0 Å². The summed E-state index contributed by atoms with van der Waals surface area (Å²) in [5.74, 6) is 1.94. The van der Waals surface area contributed by atoms with E-state index in [1.54, 1.807) is 0 Å². The molecule has 2 heterocycles. The van der Waals surface area contributed by atoms with Crippen LogP contribution in [0.1, 0.15) is 0 Å². The van der Waals surface area contributed by atoms with Gasteiger partial charge in [-0.1, -0.05) is 133 Å². The zero-order valence-electron chi connectivity index (χ0n) is 26.3. The summed E-state index contributed by atoms with van der Waals surface area (Å²) < 4.78 is 6.18. The number of hydrogen-bond donors (Lipinski definition) is 0. The maximum absolute atomic E-state index is 6.18. The lowest BCUT2D eigenvalue weighted by Crippen LogP contribution is -2.00. The quantitative estimate of drug-likeness (QED) is 0.183. The maximum atomic E-state index is 6.18. The van der Waals surface area contributed by atoms with Crippen LogP contribution in [0.15, 0.2) is 168 Å². The molecule has 0 radical (unpaired) electrons. The van der Waals surface area contributed by atoms with Crippen molar-refractivity contribution in [3.63, 3.8) is 0 Å². The Morgan fingerprint density at radius 3 is 1.78 bits per heavy atom. The maximum Gasteiger partial charge on any atom is 0.164 e. The van der Waals surface area contributed by atoms with Crippen molar-refractivity contribution < 1.29 is 4.42 Å². The molecule has 49 heavy (non-hydrogen) atoms. The normalized spacial score (nSPS) is 11.7. The molecule has 0 saturated heterocycles. The summed E-state index contributed by atoms with van der Waals surface area (Å²) >= 11 is 0. The van der Waals surface area contributed by atoms with E-state index in [0.29, 0.717) is 17.5 Å². The number of rotatable bonds is 4. The molecule has 0 atom stereocenters. The number of aromatic nitrogens is 3. The second kappa shape index (κ2) is 11.0. The summed E-state index contributed by atoms with van der Waals surface area (Å²) in [6.07, 6.45) is 0. The molecule has 0 bridgehead atoms. The topological polar surface area (TPSA) is 51.8 Å². The Labute approximate surface area is 282 Å². The monoisotopic (exact) mass is 625 g/mol. The predicted molar refractivity (Wildman–Crippen MR) is 201 cm³/mol. The molecule has 0 unspecified atom stereocenters. The molecule has 4 heteroatoms. The van der Waals surface area contributed by atoms with E-state index in [4.69, 9.17) is 19.4 Å². The van der Waals surface area contributed by atoms with Crippen molar-refractivity contribution in [3.05, 3.63) is 164 Å². The highest BCUT2D eigenvalue weighted by Gasteiger charge is 2.17. The van der Waals surface area contributed by atoms with Gasteiger partial charge in [0.15, 0.2) is 17.5 Å². The summed E-state index contributed by atoms with van der Waals surface area (Å²) in [5.41, 5.74) is 6.98. The van der Waals surface area contributed by atoms with E-state index in [1.165, 1.54) is 10.8 Å². The van der Waals surface area contributed by atoms with E-state index in [9.17, 15) is 0 Å². The smallest absolute Gasteiger partial charge is 0.164 e. The molecule has 0 amide bonds. The number of benzene rings is 8. The highest BCUT2D eigenvalue weighted by Crippen LogP contribution is 2.39. The molecule has 0 fully saturated rings. The van der Waals surface area contributed by atoms with E-state index in [1.807, 2.05) is 48.5 Å². The lowest BCUT2D eigenvalue weighted by Gasteiger charge is -2.13. The molecular weight excluding hydrogens is 599 g/mol. The van der Waals surface area contributed by atoms with Crippen molar-refractivity contribution in [2.24, 2.45) is 0 Å². The lowest BCUT2D eigenvalue weighted by atomic mass is 9.96. The minimum atomic E-state index is 0.640. The van der Waals surface area contributed by atoms with Crippen LogP contribution in [0.5, 0.6) is 0 Å². The molecule has 0 aliphatic heterocycles. The molecule has 4 nitrogen and oxygen atoms in total. The van der Waals surface area contributed by atoms with E-state index in [2.05, 4.69) is 115 Å². The van der Waals surface area contributed by atoms with Gasteiger partial charge in [-0.15, -0.1) is 0 Å². The van der Waals surface area contributed by atoms with Crippen LogP contribution >= 0.6 is 0 Å². The summed E-state index contributed by atoms with van der Waals surface area (Å²) in [4.78, 5) is 15.3. The second-order valence-electron chi connectivity index (χ2n) is 12.4. The Hall–Kier alpha value is -6.65. The van der Waals surface area contributed by atoms with E-state index in [-0.39, 0.29) is 0 Å². The predicted octanol–water partition coefficient (Wildman–Crippen LogP) is 11.9. The first-order valence-electron chi connectivity index (χ1n) is 16.4. The van der Waals surface area contributed by atoms with E-state index in [0.717, 1.165) is 71.3 Å². The Morgan fingerprint density at radius 1 is 0.327 bits per heavy atom. The van der Waals surface area contributed by atoms with E-state index >= 15 is 0 Å². The first kappa shape index (κ1) is 27.5. The molecular formula is C45H27N3O. The third kappa shape index (κ3) is 4.57. The van der Waals surface area contributed by atoms with Crippen molar-refractivity contribution in [2.75, 3.05) is 0 Å². The fraction of sp³-hybridized carbons (Fsp3) is 0. The number of hydrogen-bond acceptors (Lipinski definition) is 4. The average molecular weight is 626 g/mol. The van der Waals surface area contributed by atoms with Crippen LogP contribution in [0.4, 0.5) is 0 Å². The average Bonchev–Trinajstić information content (AvgIpc) is 3.56. The molecule has 0 saturated carbocycles. The zero-order valence-corrected chi connectivity index (χ0v) is 26.3. The standard InChI is InChI=1S/C45H27N3O/c1-2-11-28(12-3-1)43-46-44(48-45(47-43)39-27-31-13-4-5-14-34(31)36-15-6-7-16-37(36)39)33-24-22-29-25-32(23-21-30(29)26-33)35-18-10-20-41-42(35)38-17-8-9-19-40(38)49-41/h1-27H. The van der Waals surface area contributed by atoms with Crippen LogP contribution in [0.25, 0.3) is 99.5 Å². The van der Waals surface area contributed by atoms with Gasteiger partial charge >= 0.3 is 0 Å². The van der Waals surface area contributed by atoms with Gasteiger partial charge in [0.05, 0.1) is 0 Å². The van der Waals surface area contributed by atoms with Crippen LogP contribution in [0.2, 0.25) is 0 Å². The summed E-state index contributed by atoms with van der Waals surface area (Å²) in [6.45, 7) is 0. The van der Waals surface area contributed by atoms with E-state index < -0.39 is 0 Å². The van der Waals surface area contributed by atoms with Gasteiger partial charge in [0.25, 0.3) is 0 Å². The van der Waals surface area contributed by atoms with Crippen molar-refractivity contribution in [2.45, 2.75) is 0 Å². The van der Waals surface area contributed by atoms with Crippen molar-refractivity contribution in [1.82, 2.24) is 15.0 Å². The molecule has 10 aromatic rings. The fourth-order valence-corrected chi connectivity index (χ4v) is 7.15. The van der Waals surface area contributed by atoms with Gasteiger partial charge in [0.2, 0.25) is 0 Å². The van der Waals surface area contributed by atoms with Crippen LogP contribution in [-0.4, -0.2) is 15.0 Å². The Kier molecular flexibility index (Phi) is 6.15. The molecule has 228 valence electrons. The van der Waals surface area contributed by atoms with Crippen LogP contribution < -0.4 is 0 Å². The van der Waals surface area contributed by atoms with Crippen molar-refractivity contribution in [1.29, 1.82) is 0 Å². The number of para-hydroxylation sites is 1. The highest BCUT2D eigenvalue weighted by atomic mass is 16.3. The fourth-order valence-electron chi connectivity index (χ4n) is 7.15. The molecule has 8 aromatic carbocycles. The largest absolute Gasteiger partial charge is 0.456 e. The molecule has 0 N–H and O–H groups in total. The summed E-state index contributed by atoms with van der Waals surface area (Å²) in [7, 11) is 0. The third-order valence-electron chi connectivity index (χ3n) is 9.49. The zero-order chi connectivity index (χ0) is 32.3. The number of fused-ring (bicyclic) bond motifs is 7. The lowest BCUT2D eigenvalue weighted by molar-refractivity contribution is 0.669. The highest BCUT2D eigenvalue weighted by molar-refractivity contribution is 6.14.